The smallest absolute Gasteiger partial charge is 0.238 e. The van der Waals surface area contributed by atoms with Crippen LogP contribution in [-0.2, 0) is 39.1 Å². The number of phenols is 1. The van der Waals surface area contributed by atoms with Crippen molar-refractivity contribution in [2.45, 2.75) is 19.2 Å². The molecule has 1 radical (unpaired) electrons. The average molecular weight is 379 g/mol. The van der Waals surface area contributed by atoms with Crippen molar-refractivity contribution in [3.8, 4) is 23.0 Å². The second-order valence-corrected chi connectivity index (χ2v) is 4.74. The van der Waals surface area contributed by atoms with Gasteiger partial charge in [0.25, 0.3) is 0 Å². The molecule has 0 amide bonds. The van der Waals surface area contributed by atoms with Gasteiger partial charge in [-0.1, -0.05) is 0 Å². The maximum atomic E-state index is 13.1. The molecule has 22 heavy (non-hydrogen) atoms. The van der Waals surface area contributed by atoms with E-state index >= 15 is 0 Å². The normalized spacial score (nSPS) is 16.0. The molecule has 0 fully saturated rings. The zero-order valence-corrected chi connectivity index (χ0v) is 14.7. The molecule has 1 N–H and O–H groups in total. The first-order valence-corrected chi connectivity index (χ1v) is 6.69. The molecule has 3 rings (SSSR count). The number of hydrogen-bond acceptors (Lipinski definition) is 4. The number of halogens is 1. The monoisotopic (exact) mass is 379 g/mol. The third-order valence-electron chi connectivity index (χ3n) is 3.22. The molecule has 1 aliphatic heterocycles. The number of aryl methyl sites for hydroxylation is 1. The molecule has 1 atom stereocenters. The van der Waals surface area contributed by atoms with Gasteiger partial charge < -0.3 is 19.3 Å². The molecule has 0 saturated carbocycles. The minimum absolute atomic E-state index is 0. The number of aromatic hydroxyl groups is 1. The molecule has 1 heterocycles. The first-order valence-electron chi connectivity index (χ1n) is 6.69. The average Bonchev–Trinajstić information content (AvgIpc) is 2.49. The van der Waals surface area contributed by atoms with E-state index in [0.717, 1.165) is 5.56 Å². The Bertz CT molecular complexity index is 618. The summed E-state index contributed by atoms with van der Waals surface area (Å²) in [6.07, 6.45) is -0.227. The Hall–Kier alpha value is -1.33. The van der Waals surface area contributed by atoms with Gasteiger partial charge >= 0.3 is 0 Å². The van der Waals surface area contributed by atoms with E-state index in [1.807, 2.05) is 6.07 Å². The summed E-state index contributed by atoms with van der Waals surface area (Å²) in [5, 5.41) is 9.17. The van der Waals surface area contributed by atoms with Crippen molar-refractivity contribution in [1.82, 2.24) is 0 Å². The van der Waals surface area contributed by atoms with Gasteiger partial charge in [-0.2, -0.15) is 0 Å². The summed E-state index contributed by atoms with van der Waals surface area (Å²) in [5.74, 6) is 2.01. The van der Waals surface area contributed by atoms with Crippen LogP contribution >= 0.6 is 0 Å². The summed E-state index contributed by atoms with van der Waals surface area (Å²) in [6, 6.07) is 11.6. The largest absolute Gasteiger partial charge is 0.508 e. The molecule has 0 aliphatic carbocycles. The van der Waals surface area contributed by atoms with Crippen LogP contribution in [0.15, 0.2) is 42.5 Å². The fraction of sp³-hybridized carbons (Fsp3) is 0.250. The Kier molecular flexibility index (Phi) is 6.03. The standard InChI is InChI=1S/C16H15FO4.Y/c17-16-8-1-11-9-14(6-7-15(11)21-16)20-10-19-13-4-2-12(18)3-5-13;/h2-7,9,16,18H,1,8,10H2;. The third-order valence-corrected chi connectivity index (χ3v) is 3.22. The number of alkyl halides is 1. The fourth-order valence-electron chi connectivity index (χ4n) is 2.13. The van der Waals surface area contributed by atoms with E-state index in [-0.39, 0.29) is 45.3 Å². The van der Waals surface area contributed by atoms with E-state index in [1.54, 1.807) is 36.4 Å². The molecule has 0 aromatic heterocycles. The Morgan fingerprint density at radius 3 is 2.55 bits per heavy atom. The van der Waals surface area contributed by atoms with Crippen molar-refractivity contribution in [2.75, 3.05) is 6.79 Å². The number of hydrogen-bond donors (Lipinski definition) is 1. The van der Waals surface area contributed by atoms with Crippen LogP contribution in [0, 0.1) is 0 Å². The Balaban J connectivity index is 0.00000176. The number of phenolic OH excluding ortho intramolecular Hbond substituents is 1. The van der Waals surface area contributed by atoms with Crippen LogP contribution in [-0.4, -0.2) is 18.3 Å². The molecule has 2 aromatic carbocycles. The van der Waals surface area contributed by atoms with E-state index in [0.29, 0.717) is 30.1 Å². The number of rotatable bonds is 4. The van der Waals surface area contributed by atoms with Gasteiger partial charge in [0.1, 0.15) is 23.0 Å². The van der Waals surface area contributed by atoms with Crippen LogP contribution in [0.4, 0.5) is 4.39 Å². The topological polar surface area (TPSA) is 47.9 Å². The van der Waals surface area contributed by atoms with E-state index in [4.69, 9.17) is 19.3 Å². The second kappa shape index (κ2) is 7.79. The Labute approximate surface area is 153 Å². The zero-order valence-electron chi connectivity index (χ0n) is 11.9. The molecule has 2 aromatic rings. The third kappa shape index (κ3) is 4.34. The van der Waals surface area contributed by atoms with E-state index in [1.165, 1.54) is 0 Å². The zero-order chi connectivity index (χ0) is 14.7. The Morgan fingerprint density at radius 2 is 1.77 bits per heavy atom. The van der Waals surface area contributed by atoms with Gasteiger partial charge in [0.05, 0.1) is 0 Å². The molecule has 0 spiro atoms. The van der Waals surface area contributed by atoms with Crippen LogP contribution in [0.2, 0.25) is 0 Å². The van der Waals surface area contributed by atoms with Crippen molar-refractivity contribution in [1.29, 1.82) is 0 Å². The quantitative estimate of drug-likeness (QED) is 0.828. The molecular formula is C16H15FO4Y. The molecule has 4 nitrogen and oxygen atoms in total. The second-order valence-electron chi connectivity index (χ2n) is 4.74. The van der Waals surface area contributed by atoms with Crippen molar-refractivity contribution in [3.63, 3.8) is 0 Å². The van der Waals surface area contributed by atoms with E-state index in [9.17, 15) is 4.39 Å². The van der Waals surface area contributed by atoms with Crippen molar-refractivity contribution in [3.05, 3.63) is 48.0 Å². The van der Waals surface area contributed by atoms with Crippen molar-refractivity contribution in [2.24, 2.45) is 0 Å². The molecule has 0 saturated heterocycles. The van der Waals surface area contributed by atoms with Gasteiger partial charge in [-0.25, -0.2) is 4.39 Å². The Morgan fingerprint density at radius 1 is 1.09 bits per heavy atom. The minimum Gasteiger partial charge on any atom is -0.508 e. The summed E-state index contributed by atoms with van der Waals surface area (Å²) in [6.45, 7) is 0.0517. The molecule has 6 heteroatoms. The molecule has 0 bridgehead atoms. The number of ether oxygens (including phenoxy) is 3. The van der Waals surface area contributed by atoms with Gasteiger partial charge in [0.2, 0.25) is 13.2 Å². The maximum Gasteiger partial charge on any atom is 0.238 e. The minimum atomic E-state index is -1.22. The fourth-order valence-corrected chi connectivity index (χ4v) is 2.13. The van der Waals surface area contributed by atoms with Gasteiger partial charge in [0.15, 0.2) is 0 Å². The molecule has 1 aliphatic rings. The van der Waals surface area contributed by atoms with Gasteiger partial charge in [-0.15, -0.1) is 0 Å². The summed E-state index contributed by atoms with van der Waals surface area (Å²) in [5.41, 5.74) is 0.936. The maximum absolute atomic E-state index is 13.1. The summed E-state index contributed by atoms with van der Waals surface area (Å²) < 4.78 is 29.1. The first kappa shape index (κ1) is 17.0. The summed E-state index contributed by atoms with van der Waals surface area (Å²) >= 11 is 0. The van der Waals surface area contributed by atoms with Crippen LogP contribution in [0.5, 0.6) is 23.0 Å². The van der Waals surface area contributed by atoms with Gasteiger partial charge in [-0.05, 0) is 54.4 Å². The van der Waals surface area contributed by atoms with Gasteiger partial charge in [-0.3, -0.25) is 0 Å². The number of benzene rings is 2. The predicted molar refractivity (Wildman–Crippen MR) is 74.5 cm³/mol. The number of fused-ring (bicyclic) bond motifs is 1. The van der Waals surface area contributed by atoms with Crippen LogP contribution < -0.4 is 14.2 Å². The van der Waals surface area contributed by atoms with Crippen LogP contribution in [0.1, 0.15) is 12.0 Å². The molecule has 1 unspecified atom stereocenters. The van der Waals surface area contributed by atoms with E-state index < -0.39 is 6.36 Å². The predicted octanol–water partition coefficient (Wildman–Crippen LogP) is 3.43. The van der Waals surface area contributed by atoms with Gasteiger partial charge in [0, 0.05) is 39.1 Å². The van der Waals surface area contributed by atoms with E-state index in [2.05, 4.69) is 0 Å². The first-order chi connectivity index (χ1) is 10.2. The SMILES string of the molecule is Oc1ccc(OCOc2ccc3c(c2)CCC(F)O3)cc1.[Y]. The summed E-state index contributed by atoms with van der Waals surface area (Å²) in [4.78, 5) is 0. The van der Waals surface area contributed by atoms with Crippen LogP contribution in [0.3, 0.4) is 0 Å². The van der Waals surface area contributed by atoms with Crippen molar-refractivity contribution >= 4 is 0 Å². The molecular weight excluding hydrogens is 364 g/mol. The molecule has 113 valence electrons. The van der Waals surface area contributed by atoms with Crippen LogP contribution in [0.25, 0.3) is 0 Å². The summed E-state index contributed by atoms with van der Waals surface area (Å²) in [7, 11) is 0. The van der Waals surface area contributed by atoms with Crippen molar-refractivity contribution < 1.29 is 56.4 Å².